The lowest BCUT2D eigenvalue weighted by molar-refractivity contribution is 0.339. The van der Waals surface area contributed by atoms with Crippen molar-refractivity contribution >= 4 is 98.5 Å². The monoisotopic (exact) mass is 1890 g/mol. The third-order valence-corrected chi connectivity index (χ3v) is 19.1. The molecular weight excluding hydrogens is 1720 g/mol. The van der Waals surface area contributed by atoms with Crippen molar-refractivity contribution in [3.05, 3.63) is 212 Å². The van der Waals surface area contributed by atoms with E-state index in [0.717, 1.165) is 163 Å². The normalized spacial score (nSPS) is 13.1. The zero-order valence-corrected chi connectivity index (χ0v) is 88.1. The van der Waals surface area contributed by atoms with Gasteiger partial charge < -0.3 is 72.1 Å². The van der Waals surface area contributed by atoms with Gasteiger partial charge >= 0.3 is 0 Å². The van der Waals surface area contributed by atoms with Crippen LogP contribution in [0.4, 0.5) is 0 Å². The smallest absolute Gasteiger partial charge is 0.191 e. The Labute approximate surface area is 814 Å². The summed E-state index contributed by atoms with van der Waals surface area (Å²) in [5.41, 5.74) is 17.3. The van der Waals surface area contributed by atoms with Crippen LogP contribution in [-0.2, 0) is 4.74 Å². The first-order chi connectivity index (χ1) is 63.6. The number of terminal acetylenes is 1. The van der Waals surface area contributed by atoms with Crippen molar-refractivity contribution in [1.29, 1.82) is 21.6 Å². The molecule has 14 N–H and O–H groups in total. The van der Waals surface area contributed by atoms with Crippen LogP contribution in [-0.4, -0.2) is 251 Å². The Morgan fingerprint density at radius 2 is 1.08 bits per heavy atom. The highest BCUT2D eigenvalue weighted by molar-refractivity contribution is 7.10. The van der Waals surface area contributed by atoms with E-state index in [2.05, 4.69) is 221 Å². The molecule has 8 aliphatic rings. The molecule has 7 aromatic heterocycles. The summed E-state index contributed by atoms with van der Waals surface area (Å²) in [4.78, 5) is 53.1. The summed E-state index contributed by atoms with van der Waals surface area (Å²) in [5, 5.41) is 55.5. The summed E-state index contributed by atoms with van der Waals surface area (Å²) in [6.45, 7) is 57.3. The van der Waals surface area contributed by atoms with Crippen LogP contribution >= 0.6 is 34.0 Å². The molecule has 0 spiro atoms. The van der Waals surface area contributed by atoms with Crippen LogP contribution in [0.3, 0.4) is 0 Å². The number of thiazole rings is 1. The minimum absolute atomic E-state index is 0.167. The Balaban J connectivity index is -0.000000433. The van der Waals surface area contributed by atoms with E-state index in [9.17, 15) is 0 Å². The number of likely N-dealkylation sites (N-methyl/N-ethyl adjacent to an activating group) is 1. The summed E-state index contributed by atoms with van der Waals surface area (Å²) < 4.78 is 9.74. The maximum absolute atomic E-state index is 7.31. The quantitative estimate of drug-likeness (QED) is 0.0434. The van der Waals surface area contributed by atoms with Gasteiger partial charge in [0.05, 0.1) is 72.5 Å². The molecule has 15 heterocycles. The minimum Gasteiger partial charge on any atom is -0.479 e. The number of piperidine rings is 1. The van der Waals surface area contributed by atoms with Crippen molar-refractivity contribution in [3.63, 3.8) is 0 Å². The zero-order valence-electron chi connectivity index (χ0n) is 85.6. The molecule has 3 fully saturated rings. The number of nitrogens with two attached hydrogens (primary N) is 2. The number of aliphatic imine (C=N–C) groups is 7. The fraction of sp³-hybridized carbons (Fsp3) is 0.495. The van der Waals surface area contributed by atoms with Crippen LogP contribution in [0.25, 0.3) is 0 Å². The number of furan rings is 1. The number of benzene rings is 1. The third kappa shape index (κ3) is 97.2. The van der Waals surface area contributed by atoms with Crippen molar-refractivity contribution in [2.75, 3.05) is 147 Å². The van der Waals surface area contributed by atoms with E-state index in [1.54, 1.807) is 111 Å². The molecule has 0 aliphatic carbocycles. The van der Waals surface area contributed by atoms with Crippen LogP contribution < -0.4 is 43.4 Å². The number of amidine groups is 6. The van der Waals surface area contributed by atoms with E-state index in [-0.39, 0.29) is 5.84 Å². The van der Waals surface area contributed by atoms with Crippen LogP contribution in [0.1, 0.15) is 179 Å². The van der Waals surface area contributed by atoms with Gasteiger partial charge in [0, 0.05) is 180 Å². The first-order valence-corrected chi connectivity index (χ1v) is 47.7. The van der Waals surface area contributed by atoms with Gasteiger partial charge in [-0.05, 0) is 271 Å². The van der Waals surface area contributed by atoms with Gasteiger partial charge in [0.1, 0.15) is 12.4 Å². The molecule has 0 amide bonds. The Kier molecular flexibility index (Phi) is 91.9. The number of nitrogens with zero attached hydrogens (tertiary/aromatic N) is 15. The maximum Gasteiger partial charge on any atom is 0.191 e. The number of aryl methyl sites for hydroxylation is 8. The van der Waals surface area contributed by atoms with Crippen molar-refractivity contribution in [2.24, 2.45) is 46.4 Å². The van der Waals surface area contributed by atoms with Crippen molar-refractivity contribution in [3.8, 4) is 24.2 Å². The SMILES string of the molecule is C#CC.CC#CC.CC(=N)N.CC(=N)N(C)C.CC(=N)N1CCCC1.CC(=N)N1CCCCC1.CC1=NCCC1.CC1=NCCN1C.CC1=NCCO1.CCNC1=NCCN1.CCNC1=NCCN1.CN=C(C)N.CN=C1NCCN1.Cc1ccccc1.Cc1ccccn1.Cc1cccnc1.Cc1ccco1.Cc1cccs1.Cc1ccncc1.Cc1ccsc1.Cc1nccs1. The lowest BCUT2D eigenvalue weighted by atomic mass is 10.1. The first-order valence-electron chi connectivity index (χ1n) is 45.0. The molecule has 8 aromatic rings. The number of hydrogen-bond donors (Lipinski definition) is 12. The number of pyridine rings is 3. The molecule has 0 unspecified atom stereocenters. The Morgan fingerprint density at radius 1 is 0.541 bits per heavy atom. The summed E-state index contributed by atoms with van der Waals surface area (Å²) in [6, 6.07) is 34.1. The molecular formula is C101H169N27O2S3. The highest BCUT2D eigenvalue weighted by Crippen LogP contribution is 2.09. The fourth-order valence-electron chi connectivity index (χ4n) is 9.21. The summed E-state index contributed by atoms with van der Waals surface area (Å²) in [7, 11) is 9.19. The Bertz CT molecular complexity index is 3970. The molecule has 32 heteroatoms. The number of rotatable bonds is 2. The van der Waals surface area contributed by atoms with Gasteiger partial charge in [-0.3, -0.25) is 76.5 Å². The summed E-state index contributed by atoms with van der Waals surface area (Å²) in [6.07, 6.45) is 26.0. The van der Waals surface area contributed by atoms with E-state index < -0.39 is 0 Å². The van der Waals surface area contributed by atoms with Gasteiger partial charge in [0.25, 0.3) is 0 Å². The Hall–Kier alpha value is -12.1. The zero-order chi connectivity index (χ0) is 101. The van der Waals surface area contributed by atoms with E-state index in [1.807, 2.05) is 175 Å². The number of likely N-dealkylation sites (tertiary alicyclic amines) is 2. The third-order valence-electron chi connectivity index (χ3n) is 16.8. The topological polar surface area (TPSA) is 393 Å². The summed E-state index contributed by atoms with van der Waals surface area (Å²) >= 11 is 5.18. The second-order valence-electron chi connectivity index (χ2n) is 29.3. The summed E-state index contributed by atoms with van der Waals surface area (Å²) in [5.74, 6) is 16.2. The number of thiophene rings is 2. The molecule has 16 rings (SSSR count). The number of hydrogen-bond acceptors (Lipinski definition) is 25. The molecule has 0 bridgehead atoms. The van der Waals surface area contributed by atoms with Crippen molar-refractivity contribution in [1.82, 2.24) is 71.4 Å². The fourth-order valence-corrected chi connectivity index (χ4v) is 10.8. The van der Waals surface area contributed by atoms with Crippen molar-refractivity contribution < 1.29 is 9.15 Å². The lowest BCUT2D eigenvalue weighted by Crippen LogP contribution is -2.33. The van der Waals surface area contributed by atoms with Crippen LogP contribution in [0, 0.1) is 101 Å². The second-order valence-corrected chi connectivity index (χ2v) is 32.4. The predicted octanol–water partition coefficient (Wildman–Crippen LogP) is 18.3. The molecule has 8 aliphatic heterocycles. The van der Waals surface area contributed by atoms with Gasteiger partial charge in [0.15, 0.2) is 23.8 Å². The average molecular weight is 1890 g/mol. The standard InChI is InChI=1S/C7H14N2.C7H8.C6H12N2.3C6H7N.2C5H11N3.C5H10N2.C5H9N.C5H6O.2C5H6S.C4H9N3.C4H10N2.C4H7NO.C4H5NS.C4H6.C3H8N2.C3H4.C2H6N2/c1-7(8)9-5-3-2-4-6-9;1-7-5-3-2-4-6-7;1-6(7)8-4-2-3-5-8;1-6-2-4-7-5-3-6;1-6-3-2-4-7-5-6;1-6-4-2-3-5-7-6;2*1-2-6-5-7-3-4-8-5;1-5-6-3-4-7(5)2;2*1-5-3-2-4-6-5;1-5-2-3-6-4-5;1-5-3-2-4-6-5;1-5-4-6-2-3-7-4;1-4(5)6(2)3;2*1-4-5-2-3-6-4;1-3-4-2;1-3(4)5-2;1-3-2;1-2(3)4/h8H,2-6H2,1H3;2-6H,1H3;7H,2-5H2,1H3;3*2-5H,1H3;2*2-4H2,1H3,(H2,6,7,8);3-4H2,1-2H3;2-4H2,1H3;3*2-4H,1H3;2-3H2,1H3,(H2,5,6,7);5H,1-3H3;2-3H2,1H3;2-3H,1H3;1-2H3;1-2H3,(H2,4,5);1H,2H3;1H3,(H3,3,4). The van der Waals surface area contributed by atoms with Gasteiger partial charge in [-0.25, -0.2) is 0 Å². The highest BCUT2D eigenvalue weighted by atomic mass is 32.1. The van der Waals surface area contributed by atoms with E-state index in [0.29, 0.717) is 11.7 Å². The highest BCUT2D eigenvalue weighted by Gasteiger charge is 2.11. The Morgan fingerprint density at radius 3 is 1.26 bits per heavy atom. The van der Waals surface area contributed by atoms with Gasteiger partial charge in [-0.2, -0.15) is 11.3 Å². The molecule has 1 aromatic carbocycles. The van der Waals surface area contributed by atoms with Crippen LogP contribution in [0.2, 0.25) is 0 Å². The number of aromatic nitrogens is 4. The molecule has 0 radical (unpaired) electrons. The van der Waals surface area contributed by atoms with E-state index >= 15 is 0 Å². The number of guanidine groups is 3. The largest absolute Gasteiger partial charge is 0.479 e. The number of ether oxygens (including phenoxy) is 1. The number of nitrogens with one attached hydrogen (secondary N) is 10. The van der Waals surface area contributed by atoms with E-state index in [4.69, 9.17) is 42.3 Å². The maximum atomic E-state index is 7.31. The van der Waals surface area contributed by atoms with Crippen LogP contribution in [0.15, 0.2) is 207 Å². The molecule has 133 heavy (non-hydrogen) atoms. The lowest BCUT2D eigenvalue weighted by Gasteiger charge is -2.27. The van der Waals surface area contributed by atoms with Gasteiger partial charge in [-0.15, -0.1) is 46.9 Å². The predicted molar refractivity (Wildman–Crippen MR) is 580 cm³/mol. The van der Waals surface area contributed by atoms with Crippen molar-refractivity contribution in [2.45, 2.75) is 190 Å². The second kappa shape index (κ2) is 94.5. The van der Waals surface area contributed by atoms with Gasteiger partial charge in [0.2, 0.25) is 0 Å². The minimum atomic E-state index is 0.167. The van der Waals surface area contributed by atoms with E-state index in [1.165, 1.54) is 90.5 Å². The average Bonchev–Trinajstić information content (AvgIpc) is 1.93. The van der Waals surface area contributed by atoms with Gasteiger partial charge in [-0.1, -0.05) is 54.1 Å². The molecule has 29 nitrogen and oxygen atoms in total. The first kappa shape index (κ1) is 129. The van der Waals surface area contributed by atoms with Crippen LogP contribution in [0.5, 0.6) is 0 Å². The molecule has 0 atom stereocenters. The molecule has 738 valence electrons. The molecule has 3 saturated heterocycles. The molecule has 0 saturated carbocycles.